The number of carbonyl (C=O) groups excluding carboxylic acids is 1. The molecule has 0 radical (unpaired) electrons. The number of rotatable bonds is 4. The number of aromatic nitrogens is 2. The smallest absolute Gasteiger partial charge is 0.338 e. The van der Waals surface area contributed by atoms with Gasteiger partial charge in [-0.2, -0.15) is 0 Å². The number of hydrogen-bond acceptors (Lipinski definition) is 3. The zero-order valence-corrected chi connectivity index (χ0v) is 13.8. The van der Waals surface area contributed by atoms with E-state index in [-0.39, 0.29) is 5.97 Å². The zero-order valence-electron chi connectivity index (χ0n) is 13.0. The Hall–Kier alpha value is -2.33. The molecule has 0 N–H and O–H groups in total. The van der Waals surface area contributed by atoms with Gasteiger partial charge < -0.3 is 9.30 Å². The van der Waals surface area contributed by atoms with Crippen molar-refractivity contribution >= 4 is 28.6 Å². The van der Waals surface area contributed by atoms with E-state index in [0.717, 1.165) is 29.0 Å². The number of ether oxygens (including phenoxy) is 1. The summed E-state index contributed by atoms with van der Waals surface area (Å²) in [5.41, 5.74) is 3.28. The van der Waals surface area contributed by atoms with Crippen LogP contribution in [0.2, 0.25) is 5.02 Å². The highest BCUT2D eigenvalue weighted by molar-refractivity contribution is 6.30. The Morgan fingerprint density at radius 2 is 1.91 bits per heavy atom. The Morgan fingerprint density at radius 3 is 2.57 bits per heavy atom. The summed E-state index contributed by atoms with van der Waals surface area (Å²) in [6, 6.07) is 13.1. The second-order valence-corrected chi connectivity index (χ2v) is 5.55. The topological polar surface area (TPSA) is 44.1 Å². The quantitative estimate of drug-likeness (QED) is 0.660. The number of hydrogen-bond donors (Lipinski definition) is 0. The van der Waals surface area contributed by atoms with Crippen LogP contribution in [0.3, 0.4) is 0 Å². The summed E-state index contributed by atoms with van der Waals surface area (Å²) in [6.45, 7) is 5.00. The van der Waals surface area contributed by atoms with Crippen molar-refractivity contribution < 1.29 is 9.53 Å². The van der Waals surface area contributed by atoms with Gasteiger partial charge in [0.15, 0.2) is 0 Å². The summed E-state index contributed by atoms with van der Waals surface area (Å²) in [6.07, 6.45) is 0. The van der Waals surface area contributed by atoms with E-state index in [9.17, 15) is 4.79 Å². The first-order chi connectivity index (χ1) is 11.1. The molecule has 3 aromatic rings. The molecule has 0 saturated carbocycles. The normalized spacial score (nSPS) is 10.9. The zero-order chi connectivity index (χ0) is 16.4. The van der Waals surface area contributed by atoms with Crippen molar-refractivity contribution in [2.45, 2.75) is 20.4 Å². The lowest BCUT2D eigenvalue weighted by molar-refractivity contribution is 0.0526. The monoisotopic (exact) mass is 328 g/mol. The van der Waals surface area contributed by atoms with E-state index < -0.39 is 0 Å². The molecular formula is C18H17ClN2O2. The summed E-state index contributed by atoms with van der Waals surface area (Å²) < 4.78 is 7.17. The fourth-order valence-corrected chi connectivity index (χ4v) is 2.74. The second-order valence-electron chi connectivity index (χ2n) is 5.11. The third-order valence-corrected chi connectivity index (χ3v) is 3.93. The molecule has 1 aromatic heterocycles. The molecular weight excluding hydrogens is 312 g/mol. The Labute approximate surface area is 139 Å². The van der Waals surface area contributed by atoms with Crippen molar-refractivity contribution in [3.63, 3.8) is 0 Å². The molecule has 0 aliphatic rings. The molecule has 2 aromatic carbocycles. The van der Waals surface area contributed by atoms with Gasteiger partial charge in [0.2, 0.25) is 0 Å². The highest BCUT2D eigenvalue weighted by Gasteiger charge is 2.14. The number of carbonyl (C=O) groups is 1. The average molecular weight is 329 g/mol. The molecule has 0 bridgehead atoms. The minimum atomic E-state index is -0.325. The van der Waals surface area contributed by atoms with Crippen LogP contribution in [0, 0.1) is 0 Å². The SMILES string of the molecule is CCOC(=O)c1ccc2c(c1)nc(-c1ccc(Cl)cc1)n2CC. The van der Waals surface area contributed by atoms with Gasteiger partial charge >= 0.3 is 5.97 Å². The molecule has 5 heteroatoms. The van der Waals surface area contributed by atoms with Crippen LogP contribution in [0.25, 0.3) is 22.4 Å². The predicted octanol–water partition coefficient (Wildman–Crippen LogP) is 4.55. The first-order valence-electron chi connectivity index (χ1n) is 7.57. The van der Waals surface area contributed by atoms with Gasteiger partial charge in [0, 0.05) is 17.1 Å². The Kier molecular flexibility index (Phi) is 4.35. The third-order valence-electron chi connectivity index (χ3n) is 3.68. The van der Waals surface area contributed by atoms with Crippen LogP contribution in [-0.4, -0.2) is 22.1 Å². The van der Waals surface area contributed by atoms with Gasteiger partial charge in [-0.15, -0.1) is 0 Å². The first-order valence-corrected chi connectivity index (χ1v) is 7.95. The lowest BCUT2D eigenvalue weighted by Crippen LogP contribution is -2.04. The third kappa shape index (κ3) is 2.94. The van der Waals surface area contributed by atoms with Gasteiger partial charge in [-0.3, -0.25) is 0 Å². The molecule has 0 aliphatic carbocycles. The van der Waals surface area contributed by atoms with Crippen LogP contribution in [0.15, 0.2) is 42.5 Å². The standard InChI is InChI=1S/C18H17ClN2O2/c1-3-21-16-10-7-13(18(22)23-4-2)11-15(16)20-17(21)12-5-8-14(19)9-6-12/h5-11H,3-4H2,1-2H3. The molecule has 0 amide bonds. The summed E-state index contributed by atoms with van der Waals surface area (Å²) in [5.74, 6) is 0.536. The summed E-state index contributed by atoms with van der Waals surface area (Å²) in [4.78, 5) is 16.6. The van der Waals surface area contributed by atoms with Crippen LogP contribution in [0.4, 0.5) is 0 Å². The number of esters is 1. The van der Waals surface area contributed by atoms with Crippen molar-refractivity contribution in [2.75, 3.05) is 6.61 Å². The summed E-state index contributed by atoms with van der Waals surface area (Å²) in [5, 5.41) is 0.692. The number of nitrogens with zero attached hydrogens (tertiary/aromatic N) is 2. The average Bonchev–Trinajstić information content (AvgIpc) is 2.93. The Balaban J connectivity index is 2.12. The molecule has 3 rings (SSSR count). The second kappa shape index (κ2) is 6.42. The number of benzene rings is 2. The highest BCUT2D eigenvalue weighted by atomic mass is 35.5. The maximum Gasteiger partial charge on any atom is 0.338 e. The fourth-order valence-electron chi connectivity index (χ4n) is 2.61. The van der Waals surface area contributed by atoms with Crippen LogP contribution >= 0.6 is 11.6 Å². The maximum atomic E-state index is 11.9. The minimum absolute atomic E-state index is 0.325. The molecule has 0 saturated heterocycles. The molecule has 4 nitrogen and oxygen atoms in total. The van der Waals surface area contributed by atoms with E-state index >= 15 is 0 Å². The molecule has 0 unspecified atom stereocenters. The van der Waals surface area contributed by atoms with Crippen LogP contribution in [-0.2, 0) is 11.3 Å². The Bertz CT molecular complexity index is 853. The molecule has 1 heterocycles. The lowest BCUT2D eigenvalue weighted by atomic mass is 10.2. The summed E-state index contributed by atoms with van der Waals surface area (Å²) in [7, 11) is 0. The molecule has 0 fully saturated rings. The molecule has 0 spiro atoms. The minimum Gasteiger partial charge on any atom is -0.462 e. The van der Waals surface area contributed by atoms with E-state index in [1.54, 1.807) is 19.1 Å². The van der Waals surface area contributed by atoms with Gasteiger partial charge in [-0.25, -0.2) is 9.78 Å². The van der Waals surface area contributed by atoms with E-state index in [4.69, 9.17) is 21.3 Å². The molecule has 0 atom stereocenters. The number of halogens is 1. The first kappa shape index (κ1) is 15.6. The van der Waals surface area contributed by atoms with Gasteiger partial charge in [0.05, 0.1) is 23.2 Å². The number of aryl methyl sites for hydroxylation is 1. The van der Waals surface area contributed by atoms with Crippen LogP contribution < -0.4 is 0 Å². The van der Waals surface area contributed by atoms with Gasteiger partial charge in [-0.1, -0.05) is 11.6 Å². The molecule has 23 heavy (non-hydrogen) atoms. The summed E-state index contributed by atoms with van der Waals surface area (Å²) >= 11 is 5.96. The molecule has 118 valence electrons. The van der Waals surface area contributed by atoms with E-state index in [1.165, 1.54) is 0 Å². The van der Waals surface area contributed by atoms with Gasteiger partial charge in [0.25, 0.3) is 0 Å². The largest absolute Gasteiger partial charge is 0.462 e. The predicted molar refractivity (Wildman–Crippen MR) is 91.8 cm³/mol. The Morgan fingerprint density at radius 1 is 1.17 bits per heavy atom. The van der Waals surface area contributed by atoms with Crippen LogP contribution in [0.1, 0.15) is 24.2 Å². The lowest BCUT2D eigenvalue weighted by Gasteiger charge is -2.06. The number of fused-ring (bicyclic) bond motifs is 1. The van der Waals surface area contributed by atoms with Crippen LogP contribution in [0.5, 0.6) is 0 Å². The fraction of sp³-hybridized carbons (Fsp3) is 0.222. The van der Waals surface area contributed by atoms with Gasteiger partial charge in [0.1, 0.15) is 5.82 Å². The van der Waals surface area contributed by atoms with E-state index in [0.29, 0.717) is 17.2 Å². The van der Waals surface area contributed by atoms with Crippen molar-refractivity contribution in [1.29, 1.82) is 0 Å². The van der Waals surface area contributed by atoms with Crippen molar-refractivity contribution in [1.82, 2.24) is 9.55 Å². The highest BCUT2D eigenvalue weighted by Crippen LogP contribution is 2.26. The van der Waals surface area contributed by atoms with Gasteiger partial charge in [-0.05, 0) is 56.3 Å². The van der Waals surface area contributed by atoms with E-state index in [2.05, 4.69) is 11.5 Å². The van der Waals surface area contributed by atoms with Crippen molar-refractivity contribution in [3.05, 3.63) is 53.1 Å². The molecule has 0 aliphatic heterocycles. The number of imidazole rings is 1. The van der Waals surface area contributed by atoms with E-state index in [1.807, 2.05) is 30.3 Å². The van der Waals surface area contributed by atoms with Crippen molar-refractivity contribution in [2.24, 2.45) is 0 Å². The maximum absolute atomic E-state index is 11.9. The van der Waals surface area contributed by atoms with Crippen molar-refractivity contribution in [3.8, 4) is 11.4 Å².